The van der Waals surface area contributed by atoms with Crippen LogP contribution in [0.5, 0.6) is 0 Å². The van der Waals surface area contributed by atoms with Gasteiger partial charge < -0.3 is 11.2 Å². The monoisotopic (exact) mass is 424 g/mol. The van der Waals surface area contributed by atoms with Crippen molar-refractivity contribution >= 4 is 32.4 Å². The Morgan fingerprint density at radius 1 is 1.23 bits per heavy atom. The molecule has 3 heterocycles. The molecule has 0 aliphatic carbocycles. The number of nitriles is 1. The summed E-state index contributed by atoms with van der Waals surface area (Å²) >= 11 is 0. The lowest BCUT2D eigenvalue weighted by molar-refractivity contribution is 0.219. The molecule has 156 valence electrons. The first-order valence-corrected chi connectivity index (χ1v) is 11.3. The van der Waals surface area contributed by atoms with Gasteiger partial charge in [-0.1, -0.05) is 17.7 Å². The van der Waals surface area contributed by atoms with E-state index in [4.69, 9.17) is 11.0 Å². The minimum Gasteiger partial charge on any atom is -0.396 e. The second-order valence-electron chi connectivity index (χ2n) is 7.66. The number of rotatable bonds is 5. The van der Waals surface area contributed by atoms with Crippen molar-refractivity contribution in [3.05, 3.63) is 48.3 Å². The molecule has 1 saturated heterocycles. The van der Waals surface area contributed by atoms with E-state index in [1.54, 1.807) is 30.3 Å². The average Bonchev–Trinajstić information content (AvgIpc) is 3.17. The third kappa shape index (κ3) is 3.72. The first-order valence-electron chi connectivity index (χ1n) is 9.86. The Labute approximate surface area is 175 Å². The number of anilines is 2. The summed E-state index contributed by atoms with van der Waals surface area (Å²) in [6, 6.07) is 10.7. The number of nitrogens with zero attached hydrogens (tertiary/aromatic N) is 4. The van der Waals surface area contributed by atoms with Crippen molar-refractivity contribution < 1.29 is 8.42 Å². The summed E-state index contributed by atoms with van der Waals surface area (Å²) in [6.07, 6.45) is 5.43. The summed E-state index contributed by atoms with van der Waals surface area (Å²) < 4.78 is 27.5. The molecule has 0 radical (unpaired) electrons. The number of nitrogens with one attached hydrogen (secondary N) is 1. The number of piperidine rings is 1. The SMILES string of the molecule is Cc1ccc(S(=O)(=O)n2ccc3c(NN4CCC(CC#N)CC4)c(N)cnc32)cc1. The molecule has 1 fully saturated rings. The van der Waals surface area contributed by atoms with Crippen molar-refractivity contribution in [3.8, 4) is 6.07 Å². The van der Waals surface area contributed by atoms with E-state index in [2.05, 4.69) is 21.5 Å². The number of nitrogen functional groups attached to an aromatic ring is 1. The topological polar surface area (TPSA) is 117 Å². The Hall–Kier alpha value is -3.09. The van der Waals surface area contributed by atoms with Crippen LogP contribution in [0, 0.1) is 24.2 Å². The predicted octanol–water partition coefficient (Wildman–Crippen LogP) is 3.12. The molecule has 1 aliphatic heterocycles. The summed E-state index contributed by atoms with van der Waals surface area (Å²) in [5.74, 6) is 0.420. The maximum atomic E-state index is 13.1. The fourth-order valence-corrected chi connectivity index (χ4v) is 5.06. The van der Waals surface area contributed by atoms with E-state index in [0.717, 1.165) is 31.5 Å². The molecule has 30 heavy (non-hydrogen) atoms. The van der Waals surface area contributed by atoms with Gasteiger partial charge in [-0.2, -0.15) is 5.26 Å². The van der Waals surface area contributed by atoms with E-state index in [1.807, 2.05) is 6.92 Å². The van der Waals surface area contributed by atoms with E-state index < -0.39 is 10.0 Å². The van der Waals surface area contributed by atoms with Crippen LogP contribution in [0.2, 0.25) is 0 Å². The van der Waals surface area contributed by atoms with Gasteiger partial charge in [0.2, 0.25) is 0 Å². The van der Waals surface area contributed by atoms with Crippen LogP contribution in [-0.2, 0) is 10.0 Å². The molecule has 0 saturated carbocycles. The summed E-state index contributed by atoms with van der Waals surface area (Å²) in [5, 5.41) is 11.6. The summed E-state index contributed by atoms with van der Waals surface area (Å²) in [5.41, 5.74) is 11.9. The van der Waals surface area contributed by atoms with Gasteiger partial charge in [-0.3, -0.25) is 0 Å². The fraction of sp³-hybridized carbons (Fsp3) is 0.333. The van der Waals surface area contributed by atoms with Gasteiger partial charge >= 0.3 is 0 Å². The minimum absolute atomic E-state index is 0.207. The molecule has 1 aliphatic rings. The first kappa shape index (κ1) is 20.2. The Bertz CT molecular complexity index is 1200. The summed E-state index contributed by atoms with van der Waals surface area (Å²) in [6.45, 7) is 3.49. The van der Waals surface area contributed by atoms with Gasteiger partial charge in [-0.25, -0.2) is 22.4 Å². The first-order chi connectivity index (χ1) is 14.4. The number of aryl methyl sites for hydroxylation is 1. The highest BCUT2D eigenvalue weighted by atomic mass is 32.2. The van der Waals surface area contributed by atoms with Crippen LogP contribution in [0.1, 0.15) is 24.8 Å². The maximum absolute atomic E-state index is 13.1. The maximum Gasteiger partial charge on any atom is 0.269 e. The largest absolute Gasteiger partial charge is 0.396 e. The average molecular weight is 425 g/mol. The van der Waals surface area contributed by atoms with Crippen molar-refractivity contribution in [2.24, 2.45) is 5.92 Å². The van der Waals surface area contributed by atoms with Crippen LogP contribution in [0.3, 0.4) is 0 Å². The minimum atomic E-state index is -3.77. The third-order valence-electron chi connectivity index (χ3n) is 5.55. The lowest BCUT2D eigenvalue weighted by atomic mass is 9.95. The quantitative estimate of drug-likeness (QED) is 0.646. The Balaban J connectivity index is 1.65. The van der Waals surface area contributed by atoms with Gasteiger partial charge in [0.05, 0.1) is 28.5 Å². The number of hydrazine groups is 1. The molecule has 8 nitrogen and oxygen atoms in total. The molecule has 0 atom stereocenters. The zero-order chi connectivity index (χ0) is 21.3. The van der Waals surface area contributed by atoms with Crippen LogP contribution in [0.15, 0.2) is 47.6 Å². The predicted molar refractivity (Wildman–Crippen MR) is 116 cm³/mol. The second kappa shape index (κ2) is 7.97. The molecule has 0 amide bonds. The van der Waals surface area contributed by atoms with Gasteiger partial charge in [0.25, 0.3) is 10.0 Å². The van der Waals surface area contributed by atoms with E-state index in [0.29, 0.717) is 34.7 Å². The van der Waals surface area contributed by atoms with Crippen LogP contribution in [0.4, 0.5) is 11.4 Å². The zero-order valence-corrected chi connectivity index (χ0v) is 17.6. The number of hydrogen-bond donors (Lipinski definition) is 2. The van der Waals surface area contributed by atoms with E-state index in [9.17, 15) is 8.42 Å². The standard InChI is InChI=1S/C21H24N6O2S/c1-15-2-4-17(5-3-15)30(28,29)27-13-9-18-20(19(23)14-24-21(18)27)25-26-11-7-16(6-10-22)8-12-26/h2-5,9,13-14,16H,6-8,11-12,23H2,1H3,(H,24,25). The van der Waals surface area contributed by atoms with Gasteiger partial charge in [-0.05, 0) is 43.9 Å². The smallest absolute Gasteiger partial charge is 0.269 e. The van der Waals surface area contributed by atoms with Crippen LogP contribution in [0.25, 0.3) is 11.0 Å². The van der Waals surface area contributed by atoms with E-state index in [-0.39, 0.29) is 4.90 Å². The van der Waals surface area contributed by atoms with Gasteiger partial charge in [0.1, 0.15) is 0 Å². The van der Waals surface area contributed by atoms with Crippen LogP contribution in [-0.4, -0.2) is 35.5 Å². The highest BCUT2D eigenvalue weighted by Crippen LogP contribution is 2.32. The second-order valence-corrected chi connectivity index (χ2v) is 9.47. The van der Waals surface area contributed by atoms with Crippen LogP contribution >= 0.6 is 0 Å². The number of fused-ring (bicyclic) bond motifs is 1. The lowest BCUT2D eigenvalue weighted by Crippen LogP contribution is -2.38. The molecular weight excluding hydrogens is 400 g/mol. The molecule has 0 unspecified atom stereocenters. The van der Waals surface area contributed by atoms with Crippen LogP contribution < -0.4 is 11.2 Å². The Kier molecular flexibility index (Phi) is 5.37. The van der Waals surface area contributed by atoms with Crippen molar-refractivity contribution in [3.63, 3.8) is 0 Å². The summed E-state index contributed by atoms with van der Waals surface area (Å²) in [7, 11) is -3.77. The molecule has 9 heteroatoms. The van der Waals surface area contributed by atoms with Gasteiger partial charge in [0, 0.05) is 31.1 Å². The molecule has 1 aromatic carbocycles. The molecule has 2 aromatic heterocycles. The van der Waals surface area contributed by atoms with Crippen molar-refractivity contribution in [1.29, 1.82) is 5.26 Å². The number of hydrogen-bond acceptors (Lipinski definition) is 7. The molecule has 4 rings (SSSR count). The number of benzene rings is 1. The number of aromatic nitrogens is 2. The van der Waals surface area contributed by atoms with Crippen molar-refractivity contribution in [2.45, 2.75) is 31.1 Å². The third-order valence-corrected chi connectivity index (χ3v) is 7.23. The molecule has 0 spiro atoms. The molecule has 3 aromatic rings. The van der Waals surface area contributed by atoms with Crippen molar-refractivity contribution in [1.82, 2.24) is 14.0 Å². The lowest BCUT2D eigenvalue weighted by Gasteiger charge is -2.32. The fourth-order valence-electron chi connectivity index (χ4n) is 3.76. The van der Waals surface area contributed by atoms with E-state index >= 15 is 0 Å². The van der Waals surface area contributed by atoms with Gasteiger partial charge in [0.15, 0.2) is 5.65 Å². The normalized spacial score (nSPS) is 15.9. The van der Waals surface area contributed by atoms with Gasteiger partial charge in [-0.15, -0.1) is 0 Å². The van der Waals surface area contributed by atoms with Crippen molar-refractivity contribution in [2.75, 3.05) is 24.2 Å². The zero-order valence-electron chi connectivity index (χ0n) is 16.7. The highest BCUT2D eigenvalue weighted by molar-refractivity contribution is 7.90. The van der Waals surface area contributed by atoms with E-state index in [1.165, 1.54) is 16.4 Å². The molecule has 0 bridgehead atoms. The summed E-state index contributed by atoms with van der Waals surface area (Å²) in [4.78, 5) is 4.51. The number of nitrogens with two attached hydrogens (primary N) is 1. The molecule has 3 N–H and O–H groups in total. The molecular formula is C21H24N6O2S. The highest BCUT2D eigenvalue weighted by Gasteiger charge is 2.23. The number of pyridine rings is 1. The Morgan fingerprint density at radius 3 is 2.60 bits per heavy atom. The Morgan fingerprint density at radius 2 is 1.93 bits per heavy atom.